The van der Waals surface area contributed by atoms with Gasteiger partial charge in [-0.2, -0.15) is 0 Å². The first-order chi connectivity index (χ1) is 10.0. The Bertz CT molecular complexity index is 540. The molecule has 1 fully saturated rings. The first kappa shape index (κ1) is 16.5. The van der Waals surface area contributed by atoms with Crippen LogP contribution < -0.4 is 5.32 Å². The number of rotatable bonds is 7. The van der Waals surface area contributed by atoms with E-state index in [0.29, 0.717) is 19.0 Å². The van der Waals surface area contributed by atoms with Crippen LogP contribution in [0.15, 0.2) is 24.3 Å². The highest BCUT2D eigenvalue weighted by Crippen LogP contribution is 2.23. The zero-order valence-corrected chi connectivity index (χ0v) is 13.8. The zero-order valence-electron chi connectivity index (χ0n) is 13.0. The maximum atomic E-state index is 12.4. The highest BCUT2D eigenvalue weighted by atomic mass is 32.2. The fraction of sp³-hybridized carbons (Fsp3) is 0.625. The molecule has 1 saturated heterocycles. The van der Waals surface area contributed by atoms with E-state index >= 15 is 0 Å². The van der Waals surface area contributed by atoms with E-state index in [1.165, 1.54) is 5.56 Å². The summed E-state index contributed by atoms with van der Waals surface area (Å²) in [6, 6.07) is 7.87. The Balaban J connectivity index is 1.97. The summed E-state index contributed by atoms with van der Waals surface area (Å²) < 4.78 is 26.5. The van der Waals surface area contributed by atoms with E-state index < -0.39 is 10.0 Å². The van der Waals surface area contributed by atoms with Gasteiger partial charge in [0.1, 0.15) is 0 Å². The first-order valence-corrected chi connectivity index (χ1v) is 9.42. The molecule has 21 heavy (non-hydrogen) atoms. The molecular weight excluding hydrogens is 284 g/mol. The third-order valence-electron chi connectivity index (χ3n) is 4.17. The van der Waals surface area contributed by atoms with E-state index in [-0.39, 0.29) is 5.75 Å². The lowest BCUT2D eigenvalue weighted by Gasteiger charge is -2.16. The van der Waals surface area contributed by atoms with Gasteiger partial charge in [-0.3, -0.25) is 0 Å². The summed E-state index contributed by atoms with van der Waals surface area (Å²) in [7, 11) is -3.17. The van der Waals surface area contributed by atoms with Crippen molar-refractivity contribution in [3.8, 4) is 0 Å². The third-order valence-corrected chi connectivity index (χ3v) is 5.99. The fourth-order valence-electron chi connectivity index (χ4n) is 2.71. The van der Waals surface area contributed by atoms with Gasteiger partial charge in [-0.1, -0.05) is 44.5 Å². The van der Waals surface area contributed by atoms with Crippen molar-refractivity contribution >= 4 is 10.0 Å². The van der Waals surface area contributed by atoms with Gasteiger partial charge in [0.25, 0.3) is 0 Å². The highest BCUT2D eigenvalue weighted by Gasteiger charge is 2.30. The minimum absolute atomic E-state index is 0.116. The van der Waals surface area contributed by atoms with Gasteiger partial charge in [-0.25, -0.2) is 12.7 Å². The van der Waals surface area contributed by atoms with E-state index in [1.807, 2.05) is 24.3 Å². The zero-order chi connectivity index (χ0) is 15.3. The second-order valence-electron chi connectivity index (χ2n) is 5.77. The summed E-state index contributed by atoms with van der Waals surface area (Å²) in [6.07, 6.45) is 2.06. The Morgan fingerprint density at radius 3 is 2.43 bits per heavy atom. The minimum Gasteiger partial charge on any atom is -0.313 e. The predicted molar refractivity (Wildman–Crippen MR) is 86.4 cm³/mol. The standard InChI is InChI=1S/C16H26N2O2S/c1-3-14-9-10-18(12-14)21(19,20)13-16-7-5-15(6-8-16)11-17-4-2/h5-8,14,17H,3-4,9-13H2,1-2H3. The second kappa shape index (κ2) is 7.38. The molecule has 1 unspecified atom stereocenters. The summed E-state index contributed by atoms with van der Waals surface area (Å²) in [5.74, 6) is 0.646. The van der Waals surface area contributed by atoms with E-state index in [2.05, 4.69) is 19.2 Å². The van der Waals surface area contributed by atoms with Gasteiger partial charge >= 0.3 is 0 Å². The number of nitrogens with one attached hydrogen (secondary N) is 1. The molecule has 5 heteroatoms. The van der Waals surface area contributed by atoms with Gasteiger partial charge in [0.2, 0.25) is 10.0 Å². The number of sulfonamides is 1. The highest BCUT2D eigenvalue weighted by molar-refractivity contribution is 7.88. The normalized spacial score (nSPS) is 20.0. The van der Waals surface area contributed by atoms with Crippen LogP contribution in [-0.2, 0) is 22.3 Å². The van der Waals surface area contributed by atoms with Gasteiger partial charge in [-0.15, -0.1) is 0 Å². The van der Waals surface area contributed by atoms with Crippen molar-refractivity contribution in [2.24, 2.45) is 5.92 Å². The maximum Gasteiger partial charge on any atom is 0.218 e. The molecule has 1 aromatic carbocycles. The van der Waals surface area contributed by atoms with E-state index in [1.54, 1.807) is 4.31 Å². The van der Waals surface area contributed by atoms with E-state index in [4.69, 9.17) is 0 Å². The Hall–Kier alpha value is -0.910. The average Bonchev–Trinajstić information content (AvgIpc) is 2.96. The van der Waals surface area contributed by atoms with Crippen LogP contribution >= 0.6 is 0 Å². The summed E-state index contributed by atoms with van der Waals surface area (Å²) in [5, 5.41) is 3.26. The summed E-state index contributed by atoms with van der Waals surface area (Å²) in [6.45, 7) is 7.33. The molecule has 1 heterocycles. The monoisotopic (exact) mass is 310 g/mol. The number of hydrogen-bond acceptors (Lipinski definition) is 3. The van der Waals surface area contributed by atoms with Crippen LogP contribution in [0.5, 0.6) is 0 Å². The summed E-state index contributed by atoms with van der Waals surface area (Å²) in [4.78, 5) is 0. The molecule has 118 valence electrons. The van der Waals surface area contributed by atoms with Gasteiger partial charge in [0.05, 0.1) is 5.75 Å². The maximum absolute atomic E-state index is 12.4. The predicted octanol–water partition coefficient (Wildman–Crippen LogP) is 2.36. The molecule has 0 saturated carbocycles. The van der Waals surface area contributed by atoms with Crippen LogP contribution in [0.4, 0.5) is 0 Å². The van der Waals surface area contributed by atoms with Crippen molar-refractivity contribution in [2.75, 3.05) is 19.6 Å². The number of benzene rings is 1. The Morgan fingerprint density at radius 2 is 1.86 bits per heavy atom. The summed E-state index contributed by atoms with van der Waals surface area (Å²) in [5.41, 5.74) is 2.06. The van der Waals surface area contributed by atoms with Crippen LogP contribution in [0.3, 0.4) is 0 Å². The molecule has 0 radical (unpaired) electrons. The van der Waals surface area contributed by atoms with Gasteiger partial charge < -0.3 is 5.32 Å². The van der Waals surface area contributed by atoms with Gasteiger partial charge in [0.15, 0.2) is 0 Å². The SMILES string of the molecule is CCNCc1ccc(CS(=O)(=O)N2CCC(CC)C2)cc1. The van der Waals surface area contributed by atoms with Crippen molar-refractivity contribution in [3.63, 3.8) is 0 Å². The molecular formula is C16H26N2O2S. The van der Waals surface area contributed by atoms with Gasteiger partial charge in [0, 0.05) is 19.6 Å². The fourth-order valence-corrected chi connectivity index (χ4v) is 4.33. The molecule has 0 bridgehead atoms. The van der Waals surface area contributed by atoms with Crippen molar-refractivity contribution < 1.29 is 8.42 Å². The lowest BCUT2D eigenvalue weighted by atomic mass is 10.1. The lowest BCUT2D eigenvalue weighted by Crippen LogP contribution is -2.30. The number of nitrogens with zero attached hydrogens (tertiary/aromatic N) is 1. The molecule has 0 amide bonds. The molecule has 1 aliphatic heterocycles. The Kier molecular flexibility index (Phi) is 5.79. The van der Waals surface area contributed by atoms with Crippen LogP contribution in [0.1, 0.15) is 37.8 Å². The van der Waals surface area contributed by atoms with Crippen molar-refractivity contribution in [1.82, 2.24) is 9.62 Å². The molecule has 1 aromatic rings. The lowest BCUT2D eigenvalue weighted by molar-refractivity contribution is 0.452. The smallest absolute Gasteiger partial charge is 0.218 e. The molecule has 2 rings (SSSR count). The molecule has 4 nitrogen and oxygen atoms in total. The quantitative estimate of drug-likeness (QED) is 0.841. The van der Waals surface area contributed by atoms with Crippen LogP contribution in [0, 0.1) is 5.92 Å². The molecule has 1 aliphatic rings. The van der Waals surface area contributed by atoms with Crippen molar-refractivity contribution in [1.29, 1.82) is 0 Å². The van der Waals surface area contributed by atoms with Crippen LogP contribution in [0.2, 0.25) is 0 Å². The molecule has 0 aromatic heterocycles. The number of hydrogen-bond donors (Lipinski definition) is 1. The minimum atomic E-state index is -3.17. The Labute approximate surface area is 128 Å². The Morgan fingerprint density at radius 1 is 1.19 bits per heavy atom. The first-order valence-electron chi connectivity index (χ1n) is 7.81. The van der Waals surface area contributed by atoms with E-state index in [0.717, 1.165) is 31.5 Å². The van der Waals surface area contributed by atoms with E-state index in [9.17, 15) is 8.42 Å². The molecule has 0 aliphatic carbocycles. The van der Waals surface area contributed by atoms with Crippen LogP contribution in [0.25, 0.3) is 0 Å². The second-order valence-corrected chi connectivity index (χ2v) is 7.74. The average molecular weight is 310 g/mol. The molecule has 0 spiro atoms. The third kappa shape index (κ3) is 4.53. The summed E-state index contributed by atoms with van der Waals surface area (Å²) >= 11 is 0. The topological polar surface area (TPSA) is 49.4 Å². The van der Waals surface area contributed by atoms with Crippen molar-refractivity contribution in [3.05, 3.63) is 35.4 Å². The molecule has 1 atom stereocenters. The molecule has 1 N–H and O–H groups in total. The largest absolute Gasteiger partial charge is 0.313 e. The van der Waals surface area contributed by atoms with Crippen molar-refractivity contribution in [2.45, 2.75) is 39.0 Å². The van der Waals surface area contributed by atoms with Crippen LogP contribution in [-0.4, -0.2) is 32.4 Å². The van der Waals surface area contributed by atoms with Gasteiger partial charge in [-0.05, 0) is 30.0 Å².